The van der Waals surface area contributed by atoms with Crippen LogP contribution < -0.4 is 5.73 Å². The third-order valence-electron chi connectivity index (χ3n) is 6.41. The van der Waals surface area contributed by atoms with Crippen LogP contribution in [0, 0.1) is 0 Å². The molecule has 0 saturated heterocycles. The predicted octanol–water partition coefficient (Wildman–Crippen LogP) is 2.63. The molecule has 4 heterocycles. The predicted molar refractivity (Wildman–Crippen MR) is 126 cm³/mol. The van der Waals surface area contributed by atoms with E-state index in [1.807, 2.05) is 37.4 Å². The number of hydrogen-bond acceptors (Lipinski definition) is 7. The summed E-state index contributed by atoms with van der Waals surface area (Å²) in [5, 5.41) is 14.3. The first kappa shape index (κ1) is 20.3. The maximum Gasteiger partial charge on any atom is 0.254 e. The van der Waals surface area contributed by atoms with E-state index in [1.165, 1.54) is 0 Å². The van der Waals surface area contributed by atoms with Gasteiger partial charge in [-0.3, -0.25) is 9.48 Å². The number of ether oxygens (including phenoxy) is 1. The Labute approximate surface area is 194 Å². The molecule has 1 aliphatic rings. The molecule has 0 aliphatic carbocycles. The number of benzene rings is 2. The van der Waals surface area contributed by atoms with Crippen LogP contribution in [0.25, 0.3) is 27.5 Å². The molecule has 34 heavy (non-hydrogen) atoms. The number of aromatic nitrogens is 6. The number of aryl methyl sites for hydroxylation is 1. The number of nitrogens with two attached hydrogens (primary N) is 1. The van der Waals surface area contributed by atoms with E-state index >= 15 is 0 Å². The summed E-state index contributed by atoms with van der Waals surface area (Å²) in [6.07, 6.45) is 4.97. The van der Waals surface area contributed by atoms with Crippen LogP contribution in [0.3, 0.4) is 0 Å². The number of nitrogens with zero attached hydrogens (tertiary/aromatic N) is 7. The Morgan fingerprint density at radius 3 is 2.76 bits per heavy atom. The number of carbonyl (C=O) groups excluding carboxylic acids is 1. The molecule has 170 valence electrons. The molecule has 0 bridgehead atoms. The first-order chi connectivity index (χ1) is 16.5. The molecule has 10 nitrogen and oxygen atoms in total. The van der Waals surface area contributed by atoms with Gasteiger partial charge in [-0.2, -0.15) is 20.1 Å². The second kappa shape index (κ2) is 7.63. The second-order valence-corrected chi connectivity index (χ2v) is 8.41. The molecule has 1 amide bonds. The fourth-order valence-corrected chi connectivity index (χ4v) is 4.64. The molecule has 1 unspecified atom stereocenters. The van der Waals surface area contributed by atoms with Crippen LogP contribution in [0.5, 0.6) is 0 Å². The average molecular weight is 454 g/mol. The number of likely N-dealkylation sites (N-methyl/N-ethyl adjacent to an activating group) is 1. The molecule has 1 aliphatic heterocycles. The molecule has 5 aromatic rings. The average Bonchev–Trinajstić information content (AvgIpc) is 3.53. The van der Waals surface area contributed by atoms with Gasteiger partial charge in [-0.25, -0.2) is 4.98 Å². The number of nitrogen functional groups attached to an aromatic ring is 1. The van der Waals surface area contributed by atoms with Gasteiger partial charge >= 0.3 is 0 Å². The quantitative estimate of drug-likeness (QED) is 0.445. The first-order valence-corrected chi connectivity index (χ1v) is 10.9. The van der Waals surface area contributed by atoms with Crippen LogP contribution in [0.2, 0.25) is 0 Å². The second-order valence-electron chi connectivity index (χ2n) is 8.41. The van der Waals surface area contributed by atoms with E-state index in [4.69, 9.17) is 10.5 Å². The standard InChI is InChI=1S/C24H22N8O2/c1-30(21-13-34-12-15-9-16(4-5-17(15)21)32-26-7-8-27-32)24(33)14-3-6-20-18(10-14)22-19(23(25)29-20)11-28-31(22)2/h3-11,21H,12-13H2,1-2H3,(H2,25,29). The zero-order valence-electron chi connectivity index (χ0n) is 18.7. The van der Waals surface area contributed by atoms with Crippen molar-refractivity contribution in [2.45, 2.75) is 12.6 Å². The van der Waals surface area contributed by atoms with Crippen molar-refractivity contribution in [3.8, 4) is 5.69 Å². The first-order valence-electron chi connectivity index (χ1n) is 10.9. The normalized spacial score (nSPS) is 15.5. The molecule has 1 atom stereocenters. The van der Waals surface area contributed by atoms with Gasteiger partial charge in [-0.05, 0) is 41.5 Å². The van der Waals surface area contributed by atoms with Gasteiger partial charge < -0.3 is 15.4 Å². The summed E-state index contributed by atoms with van der Waals surface area (Å²) in [7, 11) is 3.66. The van der Waals surface area contributed by atoms with Gasteiger partial charge in [-0.1, -0.05) is 6.07 Å². The molecule has 3 aromatic heterocycles. The fraction of sp³-hybridized carbons (Fsp3) is 0.208. The van der Waals surface area contributed by atoms with Crippen molar-refractivity contribution in [3.05, 3.63) is 71.7 Å². The van der Waals surface area contributed by atoms with Crippen molar-refractivity contribution in [2.24, 2.45) is 7.05 Å². The monoisotopic (exact) mass is 454 g/mol. The van der Waals surface area contributed by atoms with Gasteiger partial charge in [0.2, 0.25) is 0 Å². The molecule has 10 heteroatoms. The van der Waals surface area contributed by atoms with Crippen LogP contribution in [0.15, 0.2) is 55.0 Å². The number of hydrogen-bond donors (Lipinski definition) is 1. The summed E-state index contributed by atoms with van der Waals surface area (Å²) in [6, 6.07) is 11.2. The maximum atomic E-state index is 13.6. The van der Waals surface area contributed by atoms with Crippen molar-refractivity contribution in [1.82, 2.24) is 34.7 Å². The number of rotatable bonds is 3. The Bertz CT molecular complexity index is 1560. The summed E-state index contributed by atoms with van der Waals surface area (Å²) in [5.41, 5.74) is 11.2. The highest BCUT2D eigenvalue weighted by Gasteiger charge is 2.29. The fourth-order valence-electron chi connectivity index (χ4n) is 4.64. The number of pyridine rings is 1. The van der Waals surface area contributed by atoms with Gasteiger partial charge in [-0.15, -0.1) is 0 Å². The molecular weight excluding hydrogens is 432 g/mol. The van der Waals surface area contributed by atoms with Crippen LogP contribution in [0.1, 0.15) is 27.5 Å². The minimum Gasteiger partial charge on any atom is -0.383 e. The zero-order chi connectivity index (χ0) is 23.4. The van der Waals surface area contributed by atoms with Crippen molar-refractivity contribution in [1.29, 1.82) is 0 Å². The molecule has 0 spiro atoms. The zero-order valence-corrected chi connectivity index (χ0v) is 18.7. The number of carbonyl (C=O) groups is 1. The lowest BCUT2D eigenvalue weighted by molar-refractivity contribution is 0.0346. The van der Waals surface area contributed by atoms with E-state index in [0.717, 1.165) is 38.6 Å². The highest BCUT2D eigenvalue weighted by molar-refractivity contribution is 6.10. The maximum absolute atomic E-state index is 13.6. The van der Waals surface area contributed by atoms with Gasteiger partial charge in [0.05, 0.1) is 60.0 Å². The topological polar surface area (TPSA) is 117 Å². The molecule has 6 rings (SSSR count). The molecule has 2 aromatic carbocycles. The van der Waals surface area contributed by atoms with Gasteiger partial charge in [0.1, 0.15) is 5.82 Å². The van der Waals surface area contributed by atoms with Crippen LogP contribution in [0.4, 0.5) is 5.82 Å². The minimum atomic E-state index is -0.215. The van der Waals surface area contributed by atoms with E-state index < -0.39 is 0 Å². The molecule has 0 saturated carbocycles. The van der Waals surface area contributed by atoms with E-state index in [2.05, 4.69) is 20.3 Å². The minimum absolute atomic E-state index is 0.103. The number of anilines is 1. The van der Waals surface area contributed by atoms with Crippen LogP contribution in [-0.2, 0) is 18.4 Å². The summed E-state index contributed by atoms with van der Waals surface area (Å²) in [4.78, 5) is 21.3. The Morgan fingerprint density at radius 2 is 1.94 bits per heavy atom. The van der Waals surface area contributed by atoms with E-state index in [-0.39, 0.29) is 11.9 Å². The van der Waals surface area contributed by atoms with E-state index in [0.29, 0.717) is 24.6 Å². The molecular formula is C24H22N8O2. The Balaban J connectivity index is 1.36. The Morgan fingerprint density at radius 1 is 1.12 bits per heavy atom. The third-order valence-corrected chi connectivity index (χ3v) is 6.41. The van der Waals surface area contributed by atoms with Gasteiger partial charge in [0, 0.05) is 25.0 Å². The van der Waals surface area contributed by atoms with E-state index in [9.17, 15) is 4.79 Å². The lowest BCUT2D eigenvalue weighted by atomic mass is 9.96. The lowest BCUT2D eigenvalue weighted by Crippen LogP contribution is -2.36. The largest absolute Gasteiger partial charge is 0.383 e. The SMILES string of the molecule is CN(C(=O)c1ccc2nc(N)c3cnn(C)c3c2c1)C1COCc2cc(-n3nccn3)ccc21. The van der Waals surface area contributed by atoms with Gasteiger partial charge in [0.25, 0.3) is 5.91 Å². The molecule has 0 fully saturated rings. The van der Waals surface area contributed by atoms with Crippen molar-refractivity contribution >= 4 is 33.5 Å². The highest BCUT2D eigenvalue weighted by Crippen LogP contribution is 2.32. The molecule has 2 N–H and O–H groups in total. The van der Waals surface area contributed by atoms with Gasteiger partial charge in [0.15, 0.2) is 0 Å². The third kappa shape index (κ3) is 3.11. The number of amides is 1. The van der Waals surface area contributed by atoms with Crippen molar-refractivity contribution < 1.29 is 9.53 Å². The lowest BCUT2D eigenvalue weighted by Gasteiger charge is -2.33. The molecule has 0 radical (unpaired) electrons. The summed E-state index contributed by atoms with van der Waals surface area (Å²) in [5.74, 6) is 0.320. The van der Waals surface area contributed by atoms with Crippen LogP contribution in [-0.4, -0.2) is 54.2 Å². The Hall–Kier alpha value is -4.31. The van der Waals surface area contributed by atoms with Crippen LogP contribution >= 0.6 is 0 Å². The summed E-state index contributed by atoms with van der Waals surface area (Å²) >= 11 is 0. The van der Waals surface area contributed by atoms with Crippen molar-refractivity contribution in [2.75, 3.05) is 19.4 Å². The summed E-state index contributed by atoms with van der Waals surface area (Å²) < 4.78 is 7.61. The van der Waals surface area contributed by atoms with Crippen molar-refractivity contribution in [3.63, 3.8) is 0 Å². The number of fused-ring (bicyclic) bond motifs is 4. The summed E-state index contributed by atoms with van der Waals surface area (Å²) in [6.45, 7) is 0.900. The Kier molecular flexibility index (Phi) is 4.56. The van der Waals surface area contributed by atoms with E-state index in [1.54, 1.807) is 46.1 Å². The highest BCUT2D eigenvalue weighted by atomic mass is 16.5. The smallest absolute Gasteiger partial charge is 0.254 e.